The van der Waals surface area contributed by atoms with Crippen molar-refractivity contribution in [2.75, 3.05) is 0 Å². The molecule has 0 bridgehead atoms. The van der Waals surface area contributed by atoms with Gasteiger partial charge in [-0.15, -0.1) is 0 Å². The maximum atomic E-state index is 12.0. The van der Waals surface area contributed by atoms with Gasteiger partial charge in [0.15, 0.2) is 8.68 Å². The summed E-state index contributed by atoms with van der Waals surface area (Å²) in [5.74, 6) is 0. The van der Waals surface area contributed by atoms with Gasteiger partial charge in [0.1, 0.15) is 0 Å². The maximum absolute atomic E-state index is 12.0. The third-order valence-electron chi connectivity index (χ3n) is 2.20. The van der Waals surface area contributed by atoms with Crippen LogP contribution in [0.3, 0.4) is 0 Å². The molecule has 0 aliphatic carbocycles. The molecule has 2 rings (SSSR count). The van der Waals surface area contributed by atoms with Crippen LogP contribution in [0.25, 0.3) is 0 Å². The second-order valence-corrected chi connectivity index (χ2v) is 7.23. The molecule has 0 aliphatic heterocycles. The van der Waals surface area contributed by atoms with Gasteiger partial charge in [0.05, 0.1) is 11.9 Å². The molecule has 2 aromatic rings. The summed E-state index contributed by atoms with van der Waals surface area (Å²) in [6.45, 7) is 1.80. The van der Waals surface area contributed by atoms with Crippen molar-refractivity contribution in [3.63, 3.8) is 0 Å². The molecule has 0 atom stereocenters. The van der Waals surface area contributed by atoms with E-state index in [1.807, 2.05) is 0 Å². The fourth-order valence-electron chi connectivity index (χ4n) is 1.41. The summed E-state index contributed by atoms with van der Waals surface area (Å²) < 4.78 is 28.5. The van der Waals surface area contributed by atoms with Crippen LogP contribution < -0.4 is 4.72 Å². The quantitative estimate of drug-likeness (QED) is 0.924. The SMILES string of the molecule is Cc1nc(Cl)sc1S(=O)(=O)NCc1cnn(C)c1. The highest BCUT2D eigenvalue weighted by Gasteiger charge is 2.21. The summed E-state index contributed by atoms with van der Waals surface area (Å²) in [5, 5.41) is 3.96. The molecule has 0 radical (unpaired) electrons. The number of rotatable bonds is 4. The standard InChI is InChI=1S/C9H11ClN4O2S2/c1-6-8(17-9(10)13-6)18(15,16)12-4-7-3-11-14(2)5-7/h3,5,12H,4H2,1-2H3. The molecule has 0 saturated carbocycles. The molecule has 0 saturated heterocycles. The Morgan fingerprint density at radius 1 is 1.56 bits per heavy atom. The summed E-state index contributed by atoms with van der Waals surface area (Å²) >= 11 is 6.64. The first-order valence-corrected chi connectivity index (χ1v) is 7.66. The minimum atomic E-state index is -3.57. The normalized spacial score (nSPS) is 11.9. The van der Waals surface area contributed by atoms with Crippen molar-refractivity contribution >= 4 is 33.0 Å². The van der Waals surface area contributed by atoms with Gasteiger partial charge in [-0.3, -0.25) is 4.68 Å². The zero-order chi connectivity index (χ0) is 13.3. The first-order valence-electron chi connectivity index (χ1n) is 4.98. The van der Waals surface area contributed by atoms with Crippen LogP contribution in [-0.4, -0.2) is 23.2 Å². The number of nitrogens with zero attached hydrogens (tertiary/aromatic N) is 3. The average Bonchev–Trinajstić information content (AvgIpc) is 2.82. The van der Waals surface area contributed by atoms with Crippen LogP contribution in [0, 0.1) is 6.92 Å². The monoisotopic (exact) mass is 306 g/mol. The second-order valence-electron chi connectivity index (χ2n) is 3.69. The van der Waals surface area contributed by atoms with Crippen molar-refractivity contribution in [1.82, 2.24) is 19.5 Å². The van der Waals surface area contributed by atoms with E-state index in [1.165, 1.54) is 0 Å². The van der Waals surface area contributed by atoms with Gasteiger partial charge in [-0.1, -0.05) is 22.9 Å². The van der Waals surface area contributed by atoms with Crippen LogP contribution in [0.5, 0.6) is 0 Å². The third kappa shape index (κ3) is 2.89. The number of sulfonamides is 1. The summed E-state index contributed by atoms with van der Waals surface area (Å²) in [4.78, 5) is 3.88. The molecular weight excluding hydrogens is 296 g/mol. The van der Waals surface area contributed by atoms with Crippen LogP contribution in [0.4, 0.5) is 0 Å². The molecule has 0 unspecified atom stereocenters. The summed E-state index contributed by atoms with van der Waals surface area (Å²) in [7, 11) is -1.81. The van der Waals surface area contributed by atoms with E-state index >= 15 is 0 Å². The number of aryl methyl sites for hydroxylation is 2. The van der Waals surface area contributed by atoms with E-state index in [9.17, 15) is 8.42 Å². The van der Waals surface area contributed by atoms with Crippen molar-refractivity contribution in [2.45, 2.75) is 17.7 Å². The van der Waals surface area contributed by atoms with Gasteiger partial charge in [-0.2, -0.15) is 5.10 Å². The predicted octanol–water partition coefficient (Wildman–Crippen LogP) is 1.32. The highest BCUT2D eigenvalue weighted by Crippen LogP contribution is 2.26. The van der Waals surface area contributed by atoms with Crippen molar-refractivity contribution < 1.29 is 8.42 Å². The molecule has 18 heavy (non-hydrogen) atoms. The molecule has 98 valence electrons. The Kier molecular flexibility index (Phi) is 3.71. The molecule has 0 amide bonds. The van der Waals surface area contributed by atoms with Gasteiger partial charge in [0.25, 0.3) is 10.0 Å². The van der Waals surface area contributed by atoms with Crippen LogP contribution in [0.2, 0.25) is 4.47 Å². The van der Waals surface area contributed by atoms with Crippen molar-refractivity contribution in [2.24, 2.45) is 7.05 Å². The molecule has 0 fully saturated rings. The van der Waals surface area contributed by atoms with Gasteiger partial charge < -0.3 is 0 Å². The number of aromatic nitrogens is 3. The van der Waals surface area contributed by atoms with Gasteiger partial charge >= 0.3 is 0 Å². The zero-order valence-corrected chi connectivity index (χ0v) is 12.1. The number of nitrogens with one attached hydrogen (secondary N) is 1. The first kappa shape index (κ1) is 13.5. The van der Waals surface area contributed by atoms with Crippen molar-refractivity contribution in [3.05, 3.63) is 28.1 Å². The summed E-state index contributed by atoms with van der Waals surface area (Å²) in [6, 6.07) is 0. The number of halogens is 1. The van der Waals surface area contributed by atoms with E-state index in [0.717, 1.165) is 16.9 Å². The van der Waals surface area contributed by atoms with E-state index in [4.69, 9.17) is 11.6 Å². The van der Waals surface area contributed by atoms with E-state index < -0.39 is 10.0 Å². The van der Waals surface area contributed by atoms with E-state index in [2.05, 4.69) is 14.8 Å². The van der Waals surface area contributed by atoms with Crippen molar-refractivity contribution in [1.29, 1.82) is 0 Å². The third-order valence-corrected chi connectivity index (χ3v) is 5.47. The van der Waals surface area contributed by atoms with Gasteiger partial charge in [0, 0.05) is 25.4 Å². The van der Waals surface area contributed by atoms with Crippen LogP contribution in [0.15, 0.2) is 16.6 Å². The Hall–Kier alpha value is -0.960. The number of hydrogen-bond acceptors (Lipinski definition) is 5. The minimum Gasteiger partial charge on any atom is -0.275 e. The molecule has 2 heterocycles. The van der Waals surface area contributed by atoms with Gasteiger partial charge in [-0.05, 0) is 6.92 Å². The zero-order valence-electron chi connectivity index (χ0n) is 9.71. The van der Waals surface area contributed by atoms with Crippen LogP contribution in [-0.2, 0) is 23.6 Å². The second kappa shape index (κ2) is 4.96. The minimum absolute atomic E-state index is 0.149. The average molecular weight is 307 g/mol. The predicted molar refractivity (Wildman–Crippen MR) is 69.1 cm³/mol. The fraction of sp³-hybridized carbons (Fsp3) is 0.333. The summed E-state index contributed by atoms with van der Waals surface area (Å²) in [5.41, 5.74) is 1.19. The van der Waals surface area contributed by atoms with Crippen molar-refractivity contribution in [3.8, 4) is 0 Å². The molecule has 9 heteroatoms. The lowest BCUT2D eigenvalue weighted by molar-refractivity contribution is 0.582. The van der Waals surface area contributed by atoms with Gasteiger partial charge in [0.2, 0.25) is 0 Å². The number of thiazole rings is 1. The largest absolute Gasteiger partial charge is 0.275 e. The lowest BCUT2D eigenvalue weighted by Crippen LogP contribution is -2.22. The molecule has 2 aromatic heterocycles. The molecule has 0 aromatic carbocycles. The Balaban J connectivity index is 2.15. The van der Waals surface area contributed by atoms with E-state index in [1.54, 1.807) is 31.0 Å². The Labute approximate surface area is 114 Å². The van der Waals surface area contributed by atoms with E-state index in [-0.39, 0.29) is 15.2 Å². The van der Waals surface area contributed by atoms with Gasteiger partial charge in [-0.25, -0.2) is 18.1 Å². The topological polar surface area (TPSA) is 76.9 Å². The molecule has 0 aliphatic rings. The molecule has 0 spiro atoms. The molecular formula is C9H11ClN4O2S2. The highest BCUT2D eigenvalue weighted by molar-refractivity contribution is 7.91. The Morgan fingerprint density at radius 3 is 2.78 bits per heavy atom. The lowest BCUT2D eigenvalue weighted by Gasteiger charge is -2.03. The smallest absolute Gasteiger partial charge is 0.252 e. The van der Waals surface area contributed by atoms with E-state index in [0.29, 0.717) is 5.69 Å². The van der Waals surface area contributed by atoms with Crippen LogP contribution in [0.1, 0.15) is 11.3 Å². The molecule has 6 nitrogen and oxygen atoms in total. The Bertz CT molecular complexity index is 662. The Morgan fingerprint density at radius 2 is 2.28 bits per heavy atom. The first-order chi connectivity index (χ1) is 8.38. The summed E-state index contributed by atoms with van der Waals surface area (Å²) in [6.07, 6.45) is 3.35. The molecule has 1 N–H and O–H groups in total. The lowest BCUT2D eigenvalue weighted by atomic mass is 10.4. The van der Waals surface area contributed by atoms with Crippen LogP contribution >= 0.6 is 22.9 Å². The highest BCUT2D eigenvalue weighted by atomic mass is 35.5. The maximum Gasteiger partial charge on any atom is 0.252 e. The fourth-order valence-corrected chi connectivity index (χ4v) is 4.21. The number of hydrogen-bond donors (Lipinski definition) is 1.